The van der Waals surface area contributed by atoms with Crippen LogP contribution in [0.5, 0.6) is 0 Å². The fourth-order valence-corrected chi connectivity index (χ4v) is 2.96. The molecule has 0 amide bonds. The minimum absolute atomic E-state index is 0.000784. The van der Waals surface area contributed by atoms with Crippen LogP contribution in [0, 0.1) is 11.6 Å². The van der Waals surface area contributed by atoms with Crippen LogP contribution in [-0.4, -0.2) is 30.1 Å². The van der Waals surface area contributed by atoms with Gasteiger partial charge in [0.15, 0.2) is 0 Å². The van der Waals surface area contributed by atoms with E-state index in [0.29, 0.717) is 4.47 Å². The van der Waals surface area contributed by atoms with Gasteiger partial charge in [-0.25, -0.2) is 8.78 Å². The summed E-state index contributed by atoms with van der Waals surface area (Å²) >= 11 is 3.08. The van der Waals surface area contributed by atoms with E-state index in [-0.39, 0.29) is 11.7 Å². The van der Waals surface area contributed by atoms with Gasteiger partial charge >= 0.3 is 0 Å². The predicted molar refractivity (Wildman–Crippen MR) is 70.7 cm³/mol. The highest BCUT2D eigenvalue weighted by atomic mass is 79.9. The Kier molecular flexibility index (Phi) is 3.28. The molecule has 1 aliphatic heterocycles. The van der Waals surface area contributed by atoms with Crippen LogP contribution < -0.4 is 5.32 Å². The zero-order valence-corrected chi connectivity index (χ0v) is 11.5. The minimum Gasteiger partial charge on any atom is -0.376 e. The number of likely N-dealkylation sites (tertiary alicyclic amines) is 1. The fourth-order valence-electron chi connectivity index (χ4n) is 2.56. The number of anilines is 1. The first kappa shape index (κ1) is 12.4. The Morgan fingerprint density at radius 2 is 1.83 bits per heavy atom. The second-order valence-corrected chi connectivity index (χ2v) is 6.02. The first-order valence-corrected chi connectivity index (χ1v) is 7.08. The fraction of sp³-hybridized carbons (Fsp3) is 0.538. The van der Waals surface area contributed by atoms with Crippen molar-refractivity contribution < 1.29 is 8.78 Å². The summed E-state index contributed by atoms with van der Waals surface area (Å²) in [6, 6.07) is 3.45. The molecule has 1 heterocycles. The van der Waals surface area contributed by atoms with Crippen molar-refractivity contribution in [2.45, 2.75) is 31.3 Å². The van der Waals surface area contributed by atoms with Gasteiger partial charge in [-0.1, -0.05) is 15.9 Å². The van der Waals surface area contributed by atoms with Crippen LogP contribution in [0.4, 0.5) is 14.5 Å². The Morgan fingerprint density at radius 3 is 2.44 bits per heavy atom. The van der Waals surface area contributed by atoms with Crippen molar-refractivity contribution in [2.24, 2.45) is 0 Å². The molecule has 0 aromatic heterocycles. The number of rotatable bonds is 3. The average molecular weight is 317 g/mol. The molecule has 2 fully saturated rings. The summed E-state index contributed by atoms with van der Waals surface area (Å²) < 4.78 is 27.8. The van der Waals surface area contributed by atoms with Crippen molar-refractivity contribution in [3.8, 4) is 0 Å². The number of nitrogens with one attached hydrogen (secondary N) is 1. The first-order chi connectivity index (χ1) is 8.63. The first-order valence-electron chi connectivity index (χ1n) is 6.28. The molecule has 1 saturated carbocycles. The third-order valence-corrected chi connectivity index (χ3v) is 4.10. The van der Waals surface area contributed by atoms with Crippen molar-refractivity contribution >= 4 is 21.6 Å². The van der Waals surface area contributed by atoms with Crippen molar-refractivity contribution in [3.05, 3.63) is 28.2 Å². The second kappa shape index (κ2) is 4.78. The average Bonchev–Trinajstić information content (AvgIpc) is 3.04. The van der Waals surface area contributed by atoms with Crippen LogP contribution in [0.15, 0.2) is 16.6 Å². The maximum atomic E-state index is 13.7. The van der Waals surface area contributed by atoms with Gasteiger partial charge in [0, 0.05) is 29.6 Å². The number of halogens is 3. The van der Waals surface area contributed by atoms with Crippen molar-refractivity contribution in [1.29, 1.82) is 0 Å². The van der Waals surface area contributed by atoms with Gasteiger partial charge in [-0.05, 0) is 31.4 Å². The van der Waals surface area contributed by atoms with Gasteiger partial charge in [0.25, 0.3) is 0 Å². The molecule has 2 nitrogen and oxygen atoms in total. The van der Waals surface area contributed by atoms with E-state index in [1.807, 2.05) is 0 Å². The molecule has 0 radical (unpaired) electrons. The highest BCUT2D eigenvalue weighted by molar-refractivity contribution is 9.10. The zero-order chi connectivity index (χ0) is 12.7. The van der Waals surface area contributed by atoms with Gasteiger partial charge in [-0.2, -0.15) is 0 Å². The van der Waals surface area contributed by atoms with Gasteiger partial charge in [0.1, 0.15) is 17.3 Å². The number of benzene rings is 1. The summed E-state index contributed by atoms with van der Waals surface area (Å²) in [4.78, 5) is 2.41. The minimum atomic E-state index is -0.535. The molecule has 1 saturated heterocycles. The van der Waals surface area contributed by atoms with Gasteiger partial charge in [0.05, 0.1) is 0 Å². The summed E-state index contributed by atoms with van der Waals surface area (Å²) in [5, 5.41) is 3.00. The van der Waals surface area contributed by atoms with Crippen molar-refractivity contribution in [1.82, 2.24) is 4.90 Å². The molecule has 1 aromatic rings. The molecule has 1 atom stereocenters. The molecule has 3 rings (SSSR count). The third kappa shape index (κ3) is 2.52. The Labute approximate surface area is 113 Å². The van der Waals surface area contributed by atoms with E-state index in [1.54, 1.807) is 0 Å². The Balaban J connectivity index is 1.69. The predicted octanol–water partition coefficient (Wildman–Crippen LogP) is 3.38. The molecule has 98 valence electrons. The van der Waals surface area contributed by atoms with E-state index in [1.165, 1.54) is 25.0 Å². The van der Waals surface area contributed by atoms with Crippen LogP contribution in [0.1, 0.15) is 19.3 Å². The Morgan fingerprint density at radius 1 is 1.17 bits per heavy atom. The summed E-state index contributed by atoms with van der Waals surface area (Å²) in [6.07, 6.45) is 3.49. The standard InChI is InChI=1S/C13H15BrF2N2/c14-8-5-11(15)13(12(16)6-8)17-9-3-4-18(7-9)10-1-2-10/h5-6,9-10,17H,1-4,7H2. The third-order valence-electron chi connectivity index (χ3n) is 3.64. The maximum Gasteiger partial charge on any atom is 0.150 e. The lowest BCUT2D eigenvalue weighted by Gasteiger charge is -2.17. The molecule has 2 aliphatic rings. The highest BCUT2D eigenvalue weighted by Crippen LogP contribution is 2.31. The van der Waals surface area contributed by atoms with Gasteiger partial charge in [-0.15, -0.1) is 0 Å². The topological polar surface area (TPSA) is 15.3 Å². The second-order valence-electron chi connectivity index (χ2n) is 5.10. The normalized spacial score (nSPS) is 24.5. The van der Waals surface area contributed by atoms with Gasteiger partial charge in [0.2, 0.25) is 0 Å². The quantitative estimate of drug-likeness (QED) is 0.919. The van der Waals surface area contributed by atoms with E-state index < -0.39 is 11.6 Å². The molecule has 1 aliphatic carbocycles. The van der Waals surface area contributed by atoms with E-state index in [4.69, 9.17) is 0 Å². The largest absolute Gasteiger partial charge is 0.376 e. The maximum absolute atomic E-state index is 13.7. The monoisotopic (exact) mass is 316 g/mol. The molecule has 0 bridgehead atoms. The van der Waals surface area contributed by atoms with Crippen molar-refractivity contribution in [2.75, 3.05) is 18.4 Å². The van der Waals surface area contributed by atoms with Crippen LogP contribution in [0.25, 0.3) is 0 Å². The van der Waals surface area contributed by atoms with Crippen LogP contribution in [-0.2, 0) is 0 Å². The van der Waals surface area contributed by atoms with Gasteiger partial charge in [-0.3, -0.25) is 4.90 Å². The van der Waals surface area contributed by atoms with Crippen molar-refractivity contribution in [3.63, 3.8) is 0 Å². The van der Waals surface area contributed by atoms with E-state index >= 15 is 0 Å². The van der Waals surface area contributed by atoms with Crippen LogP contribution >= 0.6 is 15.9 Å². The summed E-state index contributed by atoms with van der Waals surface area (Å²) in [6.45, 7) is 1.92. The molecule has 1 unspecified atom stereocenters. The van der Waals surface area contributed by atoms with E-state index in [0.717, 1.165) is 25.6 Å². The Bertz CT molecular complexity index is 439. The molecular formula is C13H15BrF2N2. The lowest BCUT2D eigenvalue weighted by molar-refractivity contribution is 0.326. The van der Waals surface area contributed by atoms with E-state index in [2.05, 4.69) is 26.1 Å². The van der Waals surface area contributed by atoms with E-state index in [9.17, 15) is 8.78 Å². The molecule has 0 spiro atoms. The summed E-state index contributed by atoms with van der Waals surface area (Å²) in [5.74, 6) is -1.07. The van der Waals surface area contributed by atoms with Crippen LogP contribution in [0.2, 0.25) is 0 Å². The molecule has 1 aromatic carbocycles. The molecule has 5 heteroatoms. The Hall–Kier alpha value is -0.680. The zero-order valence-electron chi connectivity index (χ0n) is 9.93. The molecule has 1 N–H and O–H groups in total. The smallest absolute Gasteiger partial charge is 0.150 e. The highest BCUT2D eigenvalue weighted by Gasteiger charge is 2.34. The van der Waals surface area contributed by atoms with Crippen LogP contribution in [0.3, 0.4) is 0 Å². The summed E-state index contributed by atoms with van der Waals surface area (Å²) in [7, 11) is 0. The number of nitrogens with zero attached hydrogens (tertiary/aromatic N) is 1. The number of hydrogen-bond acceptors (Lipinski definition) is 2. The van der Waals surface area contributed by atoms with Gasteiger partial charge < -0.3 is 5.32 Å². The molecule has 18 heavy (non-hydrogen) atoms. The SMILES string of the molecule is Fc1cc(Br)cc(F)c1NC1CCN(C2CC2)C1. The molecular weight excluding hydrogens is 302 g/mol. The number of hydrogen-bond donors (Lipinski definition) is 1. The summed E-state index contributed by atoms with van der Waals surface area (Å²) in [5.41, 5.74) is 0.000784. The lowest BCUT2D eigenvalue weighted by atomic mass is 10.2. The lowest BCUT2D eigenvalue weighted by Crippen LogP contribution is -2.28.